The average Bonchev–Trinajstić information content (AvgIpc) is 2.12. The maximum atomic E-state index is 12.9. The molecule has 0 aliphatic heterocycles. The Labute approximate surface area is 84.3 Å². The number of rotatable bonds is 4. The van der Waals surface area contributed by atoms with E-state index in [4.69, 9.17) is 4.74 Å². The minimum absolute atomic E-state index is 0.150. The molecule has 2 nitrogen and oxygen atoms in total. The van der Waals surface area contributed by atoms with E-state index < -0.39 is 0 Å². The van der Waals surface area contributed by atoms with Crippen molar-refractivity contribution in [3.8, 4) is 0 Å². The van der Waals surface area contributed by atoms with Gasteiger partial charge in [-0.05, 0) is 31.2 Å². The molecule has 0 atom stereocenters. The van der Waals surface area contributed by atoms with Crippen molar-refractivity contribution < 1.29 is 9.13 Å². The van der Waals surface area contributed by atoms with Gasteiger partial charge < -0.3 is 4.74 Å². The van der Waals surface area contributed by atoms with Gasteiger partial charge >= 0.3 is 0 Å². The van der Waals surface area contributed by atoms with Gasteiger partial charge in [0.25, 0.3) is 0 Å². The van der Waals surface area contributed by atoms with E-state index in [1.54, 1.807) is 20.1 Å². The largest absolute Gasteiger partial charge is 0.369 e. The number of benzene rings is 1. The van der Waals surface area contributed by atoms with Crippen molar-refractivity contribution >= 4 is 0 Å². The van der Waals surface area contributed by atoms with Gasteiger partial charge in [-0.1, -0.05) is 12.1 Å². The molecule has 0 saturated heterocycles. The zero-order valence-electron chi connectivity index (χ0n) is 8.88. The van der Waals surface area contributed by atoms with Crippen molar-refractivity contribution in [2.45, 2.75) is 13.5 Å². The van der Waals surface area contributed by atoms with Gasteiger partial charge in [0.15, 0.2) is 0 Å². The first-order valence-corrected chi connectivity index (χ1v) is 4.56. The Balaban J connectivity index is 2.63. The summed E-state index contributed by atoms with van der Waals surface area (Å²) >= 11 is 0. The monoisotopic (exact) mass is 197 g/mol. The van der Waals surface area contributed by atoms with Crippen molar-refractivity contribution in [2.24, 2.45) is 0 Å². The fourth-order valence-corrected chi connectivity index (χ4v) is 1.38. The molecule has 0 aliphatic rings. The molecule has 1 aromatic carbocycles. The van der Waals surface area contributed by atoms with E-state index in [9.17, 15) is 4.39 Å². The highest BCUT2D eigenvalue weighted by molar-refractivity contribution is 5.23. The molecule has 3 heteroatoms. The van der Waals surface area contributed by atoms with Crippen LogP contribution in [0.4, 0.5) is 4.39 Å². The van der Waals surface area contributed by atoms with Crippen molar-refractivity contribution in [2.75, 3.05) is 20.9 Å². The predicted octanol–water partition coefficient (Wildman–Crippen LogP) is 2.17. The second-order valence-corrected chi connectivity index (χ2v) is 3.52. The third kappa shape index (κ3) is 3.09. The number of methoxy groups -OCH3 is 1. The molecule has 0 unspecified atom stereocenters. The lowest BCUT2D eigenvalue weighted by Crippen LogP contribution is -2.20. The summed E-state index contributed by atoms with van der Waals surface area (Å²) < 4.78 is 17.9. The molecule has 1 rings (SSSR count). The Morgan fingerprint density at radius 1 is 1.43 bits per heavy atom. The van der Waals surface area contributed by atoms with Crippen LogP contribution >= 0.6 is 0 Å². The van der Waals surface area contributed by atoms with Gasteiger partial charge in [0.05, 0.1) is 6.73 Å². The van der Waals surface area contributed by atoms with Crippen LogP contribution in [0.5, 0.6) is 0 Å². The van der Waals surface area contributed by atoms with Gasteiger partial charge in [-0.15, -0.1) is 0 Å². The van der Waals surface area contributed by atoms with Crippen molar-refractivity contribution in [3.05, 3.63) is 35.1 Å². The number of hydrogen-bond acceptors (Lipinski definition) is 2. The van der Waals surface area contributed by atoms with Gasteiger partial charge in [0, 0.05) is 13.7 Å². The fourth-order valence-electron chi connectivity index (χ4n) is 1.38. The first-order chi connectivity index (χ1) is 6.63. The van der Waals surface area contributed by atoms with Crippen LogP contribution in [0.15, 0.2) is 18.2 Å². The van der Waals surface area contributed by atoms with E-state index >= 15 is 0 Å². The standard InChI is InChI=1S/C11H16FNO/c1-9-6-10(4-5-11(9)12)7-13(2)8-14-3/h4-6H,7-8H2,1-3H3. The molecule has 0 aromatic heterocycles. The van der Waals surface area contributed by atoms with Crippen LogP contribution in [-0.2, 0) is 11.3 Å². The highest BCUT2D eigenvalue weighted by atomic mass is 19.1. The summed E-state index contributed by atoms with van der Waals surface area (Å²) in [5, 5.41) is 0. The Kier molecular flexibility index (Phi) is 4.04. The van der Waals surface area contributed by atoms with Crippen molar-refractivity contribution in [1.29, 1.82) is 0 Å². The Hall–Kier alpha value is -0.930. The first kappa shape index (κ1) is 11.1. The lowest BCUT2D eigenvalue weighted by Gasteiger charge is -2.15. The number of nitrogens with zero attached hydrogens (tertiary/aromatic N) is 1. The minimum atomic E-state index is -0.150. The highest BCUT2D eigenvalue weighted by Crippen LogP contribution is 2.10. The van der Waals surface area contributed by atoms with E-state index in [1.807, 2.05) is 18.0 Å². The SMILES string of the molecule is COCN(C)Cc1ccc(F)c(C)c1. The summed E-state index contributed by atoms with van der Waals surface area (Å²) in [6.45, 7) is 3.13. The summed E-state index contributed by atoms with van der Waals surface area (Å²) in [4.78, 5) is 2.02. The third-order valence-corrected chi connectivity index (χ3v) is 2.02. The molecule has 0 aliphatic carbocycles. The molecule has 0 N–H and O–H groups in total. The maximum Gasteiger partial charge on any atom is 0.126 e. The van der Waals surface area contributed by atoms with Crippen LogP contribution < -0.4 is 0 Å². The number of aryl methyl sites for hydroxylation is 1. The molecule has 78 valence electrons. The van der Waals surface area contributed by atoms with Crippen LogP contribution in [0.1, 0.15) is 11.1 Å². The van der Waals surface area contributed by atoms with Gasteiger partial charge in [0.2, 0.25) is 0 Å². The van der Waals surface area contributed by atoms with Gasteiger partial charge in [-0.25, -0.2) is 4.39 Å². The van der Waals surface area contributed by atoms with Crippen LogP contribution in [-0.4, -0.2) is 25.8 Å². The summed E-state index contributed by atoms with van der Waals surface area (Å²) in [5.41, 5.74) is 1.79. The molecule has 0 radical (unpaired) electrons. The highest BCUT2D eigenvalue weighted by Gasteiger charge is 2.02. The summed E-state index contributed by atoms with van der Waals surface area (Å²) in [7, 11) is 3.62. The number of ether oxygens (including phenoxy) is 1. The molecule has 14 heavy (non-hydrogen) atoms. The molecule has 0 amide bonds. The van der Waals surface area contributed by atoms with E-state index in [2.05, 4.69) is 0 Å². The maximum absolute atomic E-state index is 12.9. The van der Waals surface area contributed by atoms with E-state index in [0.717, 1.165) is 12.1 Å². The topological polar surface area (TPSA) is 12.5 Å². The Bertz CT molecular complexity index is 301. The second-order valence-electron chi connectivity index (χ2n) is 3.52. The minimum Gasteiger partial charge on any atom is -0.369 e. The van der Waals surface area contributed by atoms with Crippen LogP contribution in [0, 0.1) is 12.7 Å². The Morgan fingerprint density at radius 3 is 2.71 bits per heavy atom. The summed E-state index contributed by atoms with van der Waals surface area (Å²) in [6.07, 6.45) is 0. The van der Waals surface area contributed by atoms with E-state index in [1.165, 1.54) is 6.07 Å². The molecule has 0 heterocycles. The molecule has 0 spiro atoms. The average molecular weight is 197 g/mol. The second kappa shape index (κ2) is 5.08. The molecule has 0 fully saturated rings. The van der Waals surface area contributed by atoms with Crippen LogP contribution in [0.3, 0.4) is 0 Å². The van der Waals surface area contributed by atoms with E-state index in [-0.39, 0.29) is 5.82 Å². The fraction of sp³-hybridized carbons (Fsp3) is 0.455. The zero-order valence-corrected chi connectivity index (χ0v) is 8.88. The molecular formula is C11H16FNO. The number of hydrogen-bond donors (Lipinski definition) is 0. The first-order valence-electron chi connectivity index (χ1n) is 4.56. The van der Waals surface area contributed by atoms with Crippen LogP contribution in [0.2, 0.25) is 0 Å². The quantitative estimate of drug-likeness (QED) is 0.686. The number of halogens is 1. The summed E-state index contributed by atoms with van der Waals surface area (Å²) in [6, 6.07) is 5.17. The van der Waals surface area contributed by atoms with Crippen molar-refractivity contribution in [3.63, 3.8) is 0 Å². The molecule has 0 bridgehead atoms. The third-order valence-electron chi connectivity index (χ3n) is 2.02. The normalized spacial score (nSPS) is 10.9. The summed E-state index contributed by atoms with van der Waals surface area (Å²) in [5.74, 6) is -0.150. The molecule has 1 aromatic rings. The Morgan fingerprint density at radius 2 is 2.14 bits per heavy atom. The smallest absolute Gasteiger partial charge is 0.126 e. The lowest BCUT2D eigenvalue weighted by atomic mass is 10.1. The zero-order chi connectivity index (χ0) is 10.6. The van der Waals surface area contributed by atoms with Gasteiger partial charge in [-0.2, -0.15) is 0 Å². The van der Waals surface area contributed by atoms with E-state index in [0.29, 0.717) is 12.3 Å². The van der Waals surface area contributed by atoms with Gasteiger partial charge in [-0.3, -0.25) is 4.90 Å². The lowest BCUT2D eigenvalue weighted by molar-refractivity contribution is 0.0771. The molecular weight excluding hydrogens is 181 g/mol. The molecule has 0 saturated carbocycles. The van der Waals surface area contributed by atoms with Gasteiger partial charge in [0.1, 0.15) is 5.82 Å². The van der Waals surface area contributed by atoms with Crippen molar-refractivity contribution in [1.82, 2.24) is 4.90 Å². The predicted molar refractivity (Wildman–Crippen MR) is 54.5 cm³/mol. The van der Waals surface area contributed by atoms with Crippen LogP contribution in [0.25, 0.3) is 0 Å².